The second-order valence-corrected chi connectivity index (χ2v) is 9.63. The Morgan fingerprint density at radius 2 is 1.07 bits per heavy atom. The van der Waals surface area contributed by atoms with Gasteiger partial charge in [-0.05, 0) is 25.2 Å². The maximum atomic E-state index is 5.64. The minimum Gasteiger partial charge on any atom is -0.370 e. The number of nitrogens with zero attached hydrogens (tertiary/aromatic N) is 1. The van der Waals surface area contributed by atoms with Crippen molar-refractivity contribution >= 4 is 0 Å². The van der Waals surface area contributed by atoms with Crippen molar-refractivity contribution < 1.29 is 9.22 Å². The minimum atomic E-state index is 0.833. The molecule has 0 aliphatic carbocycles. The molecule has 1 saturated heterocycles. The smallest absolute Gasteiger partial charge is 0.102 e. The SMILES string of the molecule is CCCCCCCCCCCCCCCC[N+]1(CCC(C)C)CCOCC1. The molecule has 162 valence electrons. The molecule has 0 radical (unpaired) electrons. The molecule has 0 spiro atoms. The summed E-state index contributed by atoms with van der Waals surface area (Å²) in [6.45, 7) is 14.3. The summed E-state index contributed by atoms with van der Waals surface area (Å²) in [6.07, 6.45) is 21.7. The van der Waals surface area contributed by atoms with Crippen molar-refractivity contribution in [2.45, 2.75) is 117 Å². The monoisotopic (exact) mass is 382 g/mol. The zero-order valence-electron chi connectivity index (χ0n) is 19.3. The first-order chi connectivity index (χ1) is 13.2. The largest absolute Gasteiger partial charge is 0.370 e. The van der Waals surface area contributed by atoms with Crippen LogP contribution in [0.5, 0.6) is 0 Å². The second kappa shape index (κ2) is 16.8. The van der Waals surface area contributed by atoms with Crippen molar-refractivity contribution in [3.8, 4) is 0 Å². The third-order valence-electron chi connectivity index (χ3n) is 6.59. The molecule has 2 nitrogen and oxygen atoms in total. The van der Waals surface area contributed by atoms with E-state index >= 15 is 0 Å². The molecule has 2 heteroatoms. The third kappa shape index (κ3) is 13.7. The van der Waals surface area contributed by atoms with Crippen molar-refractivity contribution in [3.05, 3.63) is 0 Å². The van der Waals surface area contributed by atoms with E-state index < -0.39 is 0 Å². The van der Waals surface area contributed by atoms with Crippen LogP contribution in [0, 0.1) is 5.92 Å². The van der Waals surface area contributed by atoms with Gasteiger partial charge >= 0.3 is 0 Å². The Morgan fingerprint density at radius 3 is 1.52 bits per heavy atom. The van der Waals surface area contributed by atoms with E-state index in [0.29, 0.717) is 0 Å². The highest BCUT2D eigenvalue weighted by Crippen LogP contribution is 2.18. The van der Waals surface area contributed by atoms with Gasteiger partial charge in [-0.25, -0.2) is 0 Å². The zero-order valence-corrected chi connectivity index (χ0v) is 19.3. The average Bonchev–Trinajstić information content (AvgIpc) is 2.67. The van der Waals surface area contributed by atoms with E-state index in [1.807, 2.05) is 0 Å². The van der Waals surface area contributed by atoms with Gasteiger partial charge in [0.1, 0.15) is 13.1 Å². The van der Waals surface area contributed by atoms with Gasteiger partial charge in [-0.2, -0.15) is 0 Å². The second-order valence-electron chi connectivity index (χ2n) is 9.63. The van der Waals surface area contributed by atoms with Crippen molar-refractivity contribution in [1.82, 2.24) is 0 Å². The van der Waals surface area contributed by atoms with Crippen LogP contribution in [0.2, 0.25) is 0 Å². The van der Waals surface area contributed by atoms with Crippen LogP contribution < -0.4 is 0 Å². The fraction of sp³-hybridized carbons (Fsp3) is 1.00. The lowest BCUT2D eigenvalue weighted by molar-refractivity contribution is -0.935. The lowest BCUT2D eigenvalue weighted by Crippen LogP contribution is -2.56. The molecule has 0 aromatic rings. The topological polar surface area (TPSA) is 9.23 Å². The number of hydrogen-bond acceptors (Lipinski definition) is 1. The molecule has 0 amide bonds. The normalized spacial score (nSPS) is 16.9. The Labute approximate surface area is 172 Å². The van der Waals surface area contributed by atoms with Crippen LogP contribution in [-0.2, 0) is 4.74 Å². The Kier molecular flexibility index (Phi) is 15.6. The fourth-order valence-electron chi connectivity index (χ4n) is 4.46. The number of ether oxygens (including phenoxy) is 1. The van der Waals surface area contributed by atoms with Gasteiger partial charge in [-0.15, -0.1) is 0 Å². The van der Waals surface area contributed by atoms with Crippen LogP contribution in [0.3, 0.4) is 0 Å². The van der Waals surface area contributed by atoms with Gasteiger partial charge in [0.2, 0.25) is 0 Å². The van der Waals surface area contributed by atoms with Crippen LogP contribution in [0.15, 0.2) is 0 Å². The maximum absolute atomic E-state index is 5.64. The minimum absolute atomic E-state index is 0.833. The van der Waals surface area contributed by atoms with Crippen molar-refractivity contribution in [3.63, 3.8) is 0 Å². The van der Waals surface area contributed by atoms with E-state index in [1.54, 1.807) is 0 Å². The number of unbranched alkanes of at least 4 members (excludes halogenated alkanes) is 13. The van der Waals surface area contributed by atoms with Crippen LogP contribution in [-0.4, -0.2) is 43.9 Å². The highest BCUT2D eigenvalue weighted by molar-refractivity contribution is 4.55. The summed E-state index contributed by atoms with van der Waals surface area (Å²) in [7, 11) is 0. The first-order valence-electron chi connectivity index (χ1n) is 12.6. The zero-order chi connectivity index (χ0) is 19.6. The third-order valence-corrected chi connectivity index (χ3v) is 6.59. The maximum Gasteiger partial charge on any atom is 0.102 e. The Balaban J connectivity index is 1.93. The number of hydrogen-bond donors (Lipinski definition) is 0. The Morgan fingerprint density at radius 1 is 0.630 bits per heavy atom. The predicted molar refractivity (Wildman–Crippen MR) is 120 cm³/mol. The molecule has 1 aliphatic heterocycles. The van der Waals surface area contributed by atoms with E-state index in [9.17, 15) is 0 Å². The molecule has 0 aromatic carbocycles. The fourth-order valence-corrected chi connectivity index (χ4v) is 4.46. The summed E-state index contributed by atoms with van der Waals surface area (Å²) in [5.41, 5.74) is 0. The first-order valence-corrected chi connectivity index (χ1v) is 12.6. The number of morpholine rings is 1. The summed E-state index contributed by atoms with van der Waals surface area (Å²) >= 11 is 0. The van der Waals surface area contributed by atoms with Crippen LogP contribution in [0.25, 0.3) is 0 Å². The van der Waals surface area contributed by atoms with Crippen molar-refractivity contribution in [2.24, 2.45) is 5.92 Å². The quantitative estimate of drug-likeness (QED) is 0.178. The summed E-state index contributed by atoms with van der Waals surface area (Å²) in [6, 6.07) is 0. The van der Waals surface area contributed by atoms with Crippen LogP contribution in [0.1, 0.15) is 117 Å². The molecule has 0 saturated carbocycles. The summed E-state index contributed by atoms with van der Waals surface area (Å²) in [5, 5.41) is 0. The van der Waals surface area contributed by atoms with Gasteiger partial charge in [0.05, 0.1) is 26.3 Å². The Bertz CT molecular complexity index is 309. The molecule has 1 aliphatic rings. The number of quaternary nitrogens is 1. The summed E-state index contributed by atoms with van der Waals surface area (Å²) in [4.78, 5) is 0. The molecular weight excluding hydrogens is 330 g/mol. The lowest BCUT2D eigenvalue weighted by atomic mass is 10.0. The molecule has 0 unspecified atom stereocenters. The van der Waals surface area contributed by atoms with Gasteiger partial charge in [-0.1, -0.05) is 97.8 Å². The molecule has 0 atom stereocenters. The van der Waals surface area contributed by atoms with Crippen LogP contribution in [0.4, 0.5) is 0 Å². The van der Waals surface area contributed by atoms with Crippen LogP contribution >= 0.6 is 0 Å². The van der Waals surface area contributed by atoms with Gasteiger partial charge in [-0.3, -0.25) is 0 Å². The van der Waals surface area contributed by atoms with Gasteiger partial charge in [0, 0.05) is 0 Å². The molecule has 1 fully saturated rings. The summed E-state index contributed by atoms with van der Waals surface area (Å²) < 4.78 is 6.98. The van der Waals surface area contributed by atoms with E-state index in [4.69, 9.17) is 4.74 Å². The average molecular weight is 383 g/mol. The molecule has 0 bridgehead atoms. The van der Waals surface area contributed by atoms with Crippen molar-refractivity contribution in [2.75, 3.05) is 39.4 Å². The molecule has 1 rings (SSSR count). The highest BCUT2D eigenvalue weighted by Gasteiger charge is 2.29. The van der Waals surface area contributed by atoms with Gasteiger partial charge in [0.25, 0.3) is 0 Å². The van der Waals surface area contributed by atoms with Gasteiger partial charge in [0.15, 0.2) is 0 Å². The standard InChI is InChI=1S/C25H52NO/c1-4-5-6-7-8-9-10-11-12-13-14-15-16-17-19-26(20-18-25(2)3)21-23-27-24-22-26/h25H,4-24H2,1-3H3/q+1. The number of rotatable bonds is 18. The van der Waals surface area contributed by atoms with E-state index in [0.717, 1.165) is 19.1 Å². The van der Waals surface area contributed by atoms with E-state index in [-0.39, 0.29) is 0 Å². The van der Waals surface area contributed by atoms with Crippen molar-refractivity contribution in [1.29, 1.82) is 0 Å². The van der Waals surface area contributed by atoms with E-state index in [2.05, 4.69) is 20.8 Å². The molecular formula is C25H52NO+. The molecule has 27 heavy (non-hydrogen) atoms. The molecule has 0 N–H and O–H groups in total. The lowest BCUT2D eigenvalue weighted by Gasteiger charge is -2.42. The summed E-state index contributed by atoms with van der Waals surface area (Å²) in [5.74, 6) is 0.833. The molecule has 1 heterocycles. The predicted octanol–water partition coefficient (Wildman–Crippen LogP) is 7.36. The first kappa shape index (κ1) is 25.0. The van der Waals surface area contributed by atoms with E-state index in [1.165, 1.54) is 127 Å². The van der Waals surface area contributed by atoms with Gasteiger partial charge < -0.3 is 9.22 Å². The highest BCUT2D eigenvalue weighted by atomic mass is 16.5. The molecule has 0 aromatic heterocycles. The Hall–Kier alpha value is -0.0800.